The van der Waals surface area contributed by atoms with E-state index in [1.54, 1.807) is 12.3 Å². The number of aromatic nitrogens is 1. The average molecular weight is 452 g/mol. The van der Waals surface area contributed by atoms with E-state index in [0.717, 1.165) is 44.7 Å². The number of ether oxygens (including phenoxy) is 1. The molecule has 172 valence electrons. The Kier molecular flexibility index (Phi) is 7.37. The number of pyridine rings is 1. The molecule has 2 aromatic heterocycles. The van der Waals surface area contributed by atoms with Gasteiger partial charge in [0.15, 0.2) is 0 Å². The maximum atomic E-state index is 10.6. The second-order valence-corrected chi connectivity index (χ2v) is 7.81. The molecule has 2 aliphatic heterocycles. The minimum absolute atomic E-state index is 0.0769. The first kappa shape index (κ1) is 23.6. The number of halogens is 3. The molecule has 2 aliphatic rings. The van der Waals surface area contributed by atoms with Crippen molar-refractivity contribution in [2.45, 2.75) is 43.6 Å². The highest BCUT2D eigenvalue weighted by molar-refractivity contribution is 5.73. The van der Waals surface area contributed by atoms with Gasteiger partial charge in [0.1, 0.15) is 17.6 Å². The van der Waals surface area contributed by atoms with Crippen LogP contribution < -0.4 is 5.32 Å². The van der Waals surface area contributed by atoms with E-state index in [-0.39, 0.29) is 11.6 Å². The van der Waals surface area contributed by atoms with Gasteiger partial charge in [-0.2, -0.15) is 18.4 Å². The van der Waals surface area contributed by atoms with Crippen LogP contribution in [0.15, 0.2) is 41.2 Å². The molecule has 11 heteroatoms. The van der Waals surface area contributed by atoms with Crippen LogP contribution >= 0.6 is 0 Å². The highest BCUT2D eigenvalue weighted by atomic mass is 19.4. The van der Waals surface area contributed by atoms with E-state index in [2.05, 4.69) is 21.3 Å². The number of carboxylic acids is 1. The number of likely N-dealkylation sites (tertiary alicyclic amines) is 1. The minimum Gasteiger partial charge on any atom is -0.475 e. The smallest absolute Gasteiger partial charge is 0.475 e. The van der Waals surface area contributed by atoms with Crippen LogP contribution in [-0.4, -0.2) is 58.5 Å². The van der Waals surface area contributed by atoms with E-state index in [1.807, 2.05) is 24.5 Å². The van der Waals surface area contributed by atoms with E-state index in [9.17, 15) is 13.2 Å². The summed E-state index contributed by atoms with van der Waals surface area (Å²) in [7, 11) is 0. The average Bonchev–Trinajstić information content (AvgIpc) is 3.38. The Balaban J connectivity index is 0.000000360. The molecule has 0 aromatic carbocycles. The molecule has 8 nitrogen and oxygen atoms in total. The Morgan fingerprint density at radius 1 is 1.41 bits per heavy atom. The maximum absolute atomic E-state index is 10.6. The number of piperidine rings is 1. The van der Waals surface area contributed by atoms with Gasteiger partial charge >= 0.3 is 12.1 Å². The second-order valence-electron chi connectivity index (χ2n) is 7.81. The molecule has 0 radical (unpaired) electrons. The van der Waals surface area contributed by atoms with Crippen LogP contribution in [0.25, 0.3) is 0 Å². The standard InChI is InChI=1S/C19H22N4O2.C2HF3O2/c20-10-16-3-1-4-18(21-16)22-17-9-19(25-13-17)6-2-7-23(14-19)11-15-5-8-24-12-15;3-2(4,5)1(6)7/h1,3-5,8,12,17H,2,6-7,9,11,13-14H2,(H,21,22);(H,6,7). The van der Waals surface area contributed by atoms with Gasteiger partial charge in [-0.1, -0.05) is 6.07 Å². The lowest BCUT2D eigenvalue weighted by Crippen LogP contribution is -2.47. The van der Waals surface area contributed by atoms with Crippen LogP contribution in [0.4, 0.5) is 19.0 Å². The Morgan fingerprint density at radius 3 is 2.84 bits per heavy atom. The van der Waals surface area contributed by atoms with E-state index < -0.39 is 12.1 Å². The zero-order chi connectivity index (χ0) is 23.2. The topological polar surface area (TPSA) is 112 Å². The second kappa shape index (κ2) is 10.0. The molecule has 32 heavy (non-hydrogen) atoms. The number of furan rings is 1. The molecule has 2 saturated heterocycles. The molecule has 4 heterocycles. The van der Waals surface area contributed by atoms with Gasteiger partial charge < -0.3 is 19.6 Å². The van der Waals surface area contributed by atoms with Crippen molar-refractivity contribution in [2.24, 2.45) is 0 Å². The van der Waals surface area contributed by atoms with Crippen LogP contribution in [0.5, 0.6) is 0 Å². The summed E-state index contributed by atoms with van der Waals surface area (Å²) in [6.07, 6.45) is 1.66. The number of carboxylic acid groups (broad SMARTS) is 1. The first-order chi connectivity index (χ1) is 15.2. The molecule has 2 unspecified atom stereocenters. The monoisotopic (exact) mass is 452 g/mol. The number of nitrogens with one attached hydrogen (secondary N) is 1. The molecule has 2 N–H and O–H groups in total. The molecular weight excluding hydrogens is 429 g/mol. The number of hydrogen-bond donors (Lipinski definition) is 2. The summed E-state index contributed by atoms with van der Waals surface area (Å²) >= 11 is 0. The Morgan fingerprint density at radius 2 is 2.19 bits per heavy atom. The zero-order valence-electron chi connectivity index (χ0n) is 17.1. The number of nitriles is 1. The summed E-state index contributed by atoms with van der Waals surface area (Å²) in [4.78, 5) is 15.7. The predicted octanol–water partition coefficient (Wildman–Crippen LogP) is 3.42. The highest BCUT2D eigenvalue weighted by Crippen LogP contribution is 2.36. The van der Waals surface area contributed by atoms with Gasteiger partial charge in [0.05, 0.1) is 30.8 Å². The predicted molar refractivity (Wildman–Crippen MR) is 107 cm³/mol. The summed E-state index contributed by atoms with van der Waals surface area (Å²) in [6, 6.07) is 9.80. The lowest BCUT2D eigenvalue weighted by molar-refractivity contribution is -0.192. The van der Waals surface area contributed by atoms with Crippen molar-refractivity contribution in [3.63, 3.8) is 0 Å². The number of hydrogen-bond acceptors (Lipinski definition) is 7. The molecule has 0 saturated carbocycles. The van der Waals surface area contributed by atoms with E-state index in [4.69, 9.17) is 24.3 Å². The van der Waals surface area contributed by atoms with Crippen LogP contribution in [0.1, 0.15) is 30.5 Å². The van der Waals surface area contributed by atoms with E-state index in [0.29, 0.717) is 12.3 Å². The molecule has 0 bridgehead atoms. The third-order valence-corrected chi connectivity index (χ3v) is 5.27. The van der Waals surface area contributed by atoms with Crippen LogP contribution in [-0.2, 0) is 16.1 Å². The fourth-order valence-corrected chi connectivity index (χ4v) is 3.97. The third-order valence-electron chi connectivity index (χ3n) is 5.27. The Hall–Kier alpha value is -3.10. The summed E-state index contributed by atoms with van der Waals surface area (Å²) in [5.74, 6) is -2.01. The molecule has 2 fully saturated rings. The Labute approximate surface area is 182 Å². The van der Waals surface area contributed by atoms with Crippen molar-refractivity contribution in [1.29, 1.82) is 5.26 Å². The van der Waals surface area contributed by atoms with Crippen molar-refractivity contribution < 1.29 is 32.2 Å². The number of alkyl halides is 3. The molecule has 0 aliphatic carbocycles. The normalized spacial score (nSPS) is 23.2. The van der Waals surface area contributed by atoms with Gasteiger partial charge in [-0.05, 0) is 37.6 Å². The SMILES string of the molecule is N#Cc1cccc(NC2COC3(CCCN(Cc4ccoc4)C3)C2)n1.O=C(O)C(F)(F)F. The van der Waals surface area contributed by atoms with Gasteiger partial charge in [0.25, 0.3) is 0 Å². The highest BCUT2D eigenvalue weighted by Gasteiger charge is 2.43. The van der Waals surface area contributed by atoms with Crippen molar-refractivity contribution in [3.8, 4) is 6.07 Å². The van der Waals surface area contributed by atoms with Gasteiger partial charge in [-0.3, -0.25) is 4.90 Å². The zero-order valence-corrected chi connectivity index (χ0v) is 17.1. The summed E-state index contributed by atoms with van der Waals surface area (Å²) in [5.41, 5.74) is 1.57. The molecule has 2 atom stereocenters. The van der Waals surface area contributed by atoms with Gasteiger partial charge in [-0.15, -0.1) is 0 Å². The molecule has 4 rings (SSSR count). The van der Waals surface area contributed by atoms with Gasteiger partial charge in [-0.25, -0.2) is 9.78 Å². The maximum Gasteiger partial charge on any atom is 0.490 e. The number of carbonyl (C=O) groups is 1. The summed E-state index contributed by atoms with van der Waals surface area (Å²) < 4.78 is 43.2. The number of rotatable bonds is 4. The largest absolute Gasteiger partial charge is 0.490 e. The quantitative estimate of drug-likeness (QED) is 0.726. The van der Waals surface area contributed by atoms with Crippen LogP contribution in [0, 0.1) is 11.3 Å². The first-order valence-corrected chi connectivity index (χ1v) is 10.0. The van der Waals surface area contributed by atoms with Crippen LogP contribution in [0.2, 0.25) is 0 Å². The van der Waals surface area contributed by atoms with Crippen molar-refractivity contribution in [1.82, 2.24) is 9.88 Å². The van der Waals surface area contributed by atoms with Gasteiger partial charge in [0, 0.05) is 25.1 Å². The van der Waals surface area contributed by atoms with E-state index in [1.165, 1.54) is 5.56 Å². The van der Waals surface area contributed by atoms with E-state index >= 15 is 0 Å². The number of anilines is 1. The molecular formula is C21H23F3N4O4. The van der Waals surface area contributed by atoms with Crippen LogP contribution in [0.3, 0.4) is 0 Å². The minimum atomic E-state index is -5.08. The fraction of sp³-hybridized carbons (Fsp3) is 0.476. The molecule has 1 spiro atoms. The molecule has 0 amide bonds. The van der Waals surface area contributed by atoms with Gasteiger partial charge in [0.2, 0.25) is 0 Å². The summed E-state index contributed by atoms with van der Waals surface area (Å²) in [6.45, 7) is 3.63. The van der Waals surface area contributed by atoms with Crippen molar-refractivity contribution >= 4 is 11.8 Å². The van der Waals surface area contributed by atoms with Crippen molar-refractivity contribution in [2.75, 3.05) is 25.0 Å². The Bertz CT molecular complexity index is 945. The lowest BCUT2D eigenvalue weighted by atomic mass is 9.88. The fourth-order valence-electron chi connectivity index (χ4n) is 3.97. The number of aliphatic carboxylic acids is 1. The lowest BCUT2D eigenvalue weighted by Gasteiger charge is -2.39. The third kappa shape index (κ3) is 6.45. The van der Waals surface area contributed by atoms with Crippen molar-refractivity contribution in [3.05, 3.63) is 48.0 Å². The molecule has 2 aromatic rings. The number of nitrogens with zero attached hydrogens (tertiary/aromatic N) is 3. The summed E-state index contributed by atoms with van der Waals surface area (Å²) in [5, 5.41) is 19.5. The first-order valence-electron chi connectivity index (χ1n) is 10.0.